The lowest BCUT2D eigenvalue weighted by molar-refractivity contribution is 0.413. The quantitative estimate of drug-likeness (QED) is 0.832. The second-order valence-corrected chi connectivity index (χ2v) is 6.57. The third-order valence-electron chi connectivity index (χ3n) is 2.97. The van der Waals surface area contributed by atoms with Crippen molar-refractivity contribution in [2.75, 3.05) is 18.6 Å². The number of methoxy groups -OCH3 is 1. The molecule has 0 aliphatic heterocycles. The molecule has 0 spiro atoms. The van der Waals surface area contributed by atoms with Crippen LogP contribution in [0.2, 0.25) is 0 Å². The molecule has 0 amide bonds. The van der Waals surface area contributed by atoms with Gasteiger partial charge < -0.3 is 10.5 Å². The highest BCUT2D eigenvalue weighted by molar-refractivity contribution is 7.91. The summed E-state index contributed by atoms with van der Waals surface area (Å²) in [7, 11) is -0.181. The molecule has 0 unspecified atom stereocenters. The molecule has 108 valence electrons. The van der Waals surface area contributed by atoms with E-state index in [1.807, 2.05) is 0 Å². The second-order valence-electron chi connectivity index (χ2n) is 4.49. The van der Waals surface area contributed by atoms with Crippen LogP contribution < -0.4 is 10.5 Å². The normalized spacial score (nSPS) is 11.5. The lowest BCUT2D eigenvalue weighted by Gasteiger charge is -2.09. The Hall–Kier alpha value is -2.02. The van der Waals surface area contributed by atoms with E-state index >= 15 is 0 Å². The van der Waals surface area contributed by atoms with Gasteiger partial charge in [-0.15, -0.1) is 0 Å². The monoisotopic (exact) mass is 295 g/mol. The van der Waals surface area contributed by atoms with E-state index in [-0.39, 0.29) is 16.3 Å². The molecule has 0 bridgehead atoms. The highest BCUT2D eigenvalue weighted by Crippen LogP contribution is 2.25. The molecule has 0 saturated carbocycles. The standard InChI is InChI=1S/C13H17N3O3S/c1-16-9-10(8-15-16)5-6-20(17,18)13-7-11(19-2)3-4-12(13)14/h3-4,7-9H,5-6,14H2,1-2H3. The van der Waals surface area contributed by atoms with Crippen LogP contribution in [0.5, 0.6) is 5.75 Å². The molecule has 0 fully saturated rings. The molecule has 6 nitrogen and oxygen atoms in total. The SMILES string of the molecule is COc1ccc(N)c(S(=O)(=O)CCc2cnn(C)c2)c1. The number of hydrogen-bond acceptors (Lipinski definition) is 5. The Labute approximate surface area is 118 Å². The van der Waals surface area contributed by atoms with Gasteiger partial charge >= 0.3 is 0 Å². The van der Waals surface area contributed by atoms with E-state index in [1.165, 1.54) is 19.2 Å². The molecule has 2 aromatic rings. The molecule has 2 rings (SSSR count). The van der Waals surface area contributed by atoms with E-state index < -0.39 is 9.84 Å². The van der Waals surface area contributed by atoms with E-state index in [0.29, 0.717) is 12.2 Å². The summed E-state index contributed by atoms with van der Waals surface area (Å²) < 4.78 is 31.4. The smallest absolute Gasteiger partial charge is 0.180 e. The van der Waals surface area contributed by atoms with E-state index in [0.717, 1.165) is 5.56 Å². The third kappa shape index (κ3) is 3.11. The summed E-state index contributed by atoms with van der Waals surface area (Å²) in [4.78, 5) is 0.112. The van der Waals surface area contributed by atoms with Crippen molar-refractivity contribution >= 4 is 15.5 Å². The van der Waals surface area contributed by atoms with E-state index in [2.05, 4.69) is 5.10 Å². The van der Waals surface area contributed by atoms with Crippen LogP contribution in [0, 0.1) is 0 Å². The average Bonchev–Trinajstić information content (AvgIpc) is 2.83. The molecule has 0 aliphatic rings. The van der Waals surface area contributed by atoms with Gasteiger partial charge in [0, 0.05) is 19.3 Å². The Morgan fingerprint density at radius 3 is 2.75 bits per heavy atom. The van der Waals surface area contributed by atoms with E-state index in [4.69, 9.17) is 10.5 Å². The van der Waals surface area contributed by atoms with Crippen molar-refractivity contribution in [3.05, 3.63) is 36.2 Å². The van der Waals surface area contributed by atoms with Gasteiger partial charge in [-0.05, 0) is 24.1 Å². The minimum Gasteiger partial charge on any atom is -0.497 e. The fourth-order valence-electron chi connectivity index (χ4n) is 1.87. The first kappa shape index (κ1) is 14.4. The van der Waals surface area contributed by atoms with Crippen LogP contribution in [0.15, 0.2) is 35.5 Å². The number of nitrogen functional groups attached to an aromatic ring is 1. The van der Waals surface area contributed by atoms with Gasteiger partial charge in [0.15, 0.2) is 9.84 Å². The Bertz CT molecular complexity index is 707. The number of sulfone groups is 1. The van der Waals surface area contributed by atoms with Gasteiger partial charge in [-0.1, -0.05) is 0 Å². The molecular formula is C13H17N3O3S. The number of rotatable bonds is 5. The first-order valence-electron chi connectivity index (χ1n) is 6.06. The maximum absolute atomic E-state index is 12.3. The van der Waals surface area contributed by atoms with Gasteiger partial charge in [0.05, 0.1) is 29.6 Å². The van der Waals surface area contributed by atoms with Crippen LogP contribution in [0.3, 0.4) is 0 Å². The summed E-state index contributed by atoms with van der Waals surface area (Å²) in [6.45, 7) is 0. The van der Waals surface area contributed by atoms with Crippen LogP contribution in [0.25, 0.3) is 0 Å². The molecule has 7 heteroatoms. The molecule has 0 saturated heterocycles. The van der Waals surface area contributed by atoms with Crippen molar-refractivity contribution < 1.29 is 13.2 Å². The highest BCUT2D eigenvalue weighted by Gasteiger charge is 2.19. The fraction of sp³-hybridized carbons (Fsp3) is 0.308. The summed E-state index contributed by atoms with van der Waals surface area (Å²) in [5, 5.41) is 4.01. The Kier molecular flexibility index (Phi) is 3.99. The Balaban J connectivity index is 2.21. The lowest BCUT2D eigenvalue weighted by Crippen LogP contribution is -2.11. The predicted molar refractivity (Wildman–Crippen MR) is 76.4 cm³/mol. The number of aromatic nitrogens is 2. The molecule has 1 aromatic heterocycles. The van der Waals surface area contributed by atoms with Gasteiger partial charge in [-0.25, -0.2) is 8.42 Å². The fourth-order valence-corrected chi connectivity index (χ4v) is 3.32. The minimum atomic E-state index is -3.45. The summed E-state index contributed by atoms with van der Waals surface area (Å²) in [5.41, 5.74) is 6.86. The number of nitrogens with zero attached hydrogens (tertiary/aromatic N) is 2. The molecule has 20 heavy (non-hydrogen) atoms. The number of aryl methyl sites for hydroxylation is 2. The van der Waals surface area contributed by atoms with Gasteiger partial charge in [-0.2, -0.15) is 5.10 Å². The zero-order chi connectivity index (χ0) is 14.8. The number of benzene rings is 1. The maximum Gasteiger partial charge on any atom is 0.180 e. The molecule has 2 N–H and O–H groups in total. The Morgan fingerprint density at radius 2 is 2.15 bits per heavy atom. The average molecular weight is 295 g/mol. The molecular weight excluding hydrogens is 278 g/mol. The second kappa shape index (κ2) is 5.54. The molecule has 1 aromatic carbocycles. The first-order valence-corrected chi connectivity index (χ1v) is 7.71. The van der Waals surface area contributed by atoms with Crippen LogP contribution in [0.4, 0.5) is 5.69 Å². The molecule has 0 aliphatic carbocycles. The van der Waals surface area contributed by atoms with E-state index in [9.17, 15) is 8.42 Å². The topological polar surface area (TPSA) is 87.2 Å². The zero-order valence-electron chi connectivity index (χ0n) is 11.4. The van der Waals surface area contributed by atoms with Crippen molar-refractivity contribution in [1.82, 2.24) is 9.78 Å². The number of hydrogen-bond donors (Lipinski definition) is 1. The van der Waals surface area contributed by atoms with Crippen LogP contribution in [0.1, 0.15) is 5.56 Å². The Morgan fingerprint density at radius 1 is 1.40 bits per heavy atom. The van der Waals surface area contributed by atoms with Crippen LogP contribution in [-0.2, 0) is 23.3 Å². The van der Waals surface area contributed by atoms with Gasteiger partial charge in [-0.3, -0.25) is 4.68 Å². The summed E-state index contributed by atoms with van der Waals surface area (Å²) >= 11 is 0. The zero-order valence-corrected chi connectivity index (χ0v) is 12.2. The van der Waals surface area contributed by atoms with Gasteiger partial charge in [0.1, 0.15) is 5.75 Å². The number of anilines is 1. The van der Waals surface area contributed by atoms with Crippen molar-refractivity contribution in [3.63, 3.8) is 0 Å². The van der Waals surface area contributed by atoms with Crippen LogP contribution in [-0.4, -0.2) is 31.1 Å². The van der Waals surface area contributed by atoms with Crippen molar-refractivity contribution in [3.8, 4) is 5.75 Å². The number of ether oxygens (including phenoxy) is 1. The summed E-state index contributed by atoms with van der Waals surface area (Å²) in [5.74, 6) is 0.454. The van der Waals surface area contributed by atoms with Gasteiger partial charge in [0.25, 0.3) is 0 Å². The lowest BCUT2D eigenvalue weighted by atomic mass is 10.3. The number of nitrogens with two attached hydrogens (primary N) is 1. The highest BCUT2D eigenvalue weighted by atomic mass is 32.2. The van der Waals surface area contributed by atoms with Crippen molar-refractivity contribution in [2.24, 2.45) is 7.05 Å². The maximum atomic E-state index is 12.3. The summed E-state index contributed by atoms with van der Waals surface area (Å²) in [6.07, 6.45) is 3.85. The summed E-state index contributed by atoms with van der Waals surface area (Å²) in [6, 6.07) is 4.62. The molecule has 1 heterocycles. The largest absolute Gasteiger partial charge is 0.497 e. The molecule has 0 radical (unpaired) electrons. The minimum absolute atomic E-state index is 0.0178. The van der Waals surface area contributed by atoms with Crippen molar-refractivity contribution in [1.29, 1.82) is 0 Å². The van der Waals surface area contributed by atoms with E-state index in [1.54, 1.807) is 30.2 Å². The van der Waals surface area contributed by atoms with Crippen molar-refractivity contribution in [2.45, 2.75) is 11.3 Å². The van der Waals surface area contributed by atoms with Crippen LogP contribution >= 0.6 is 0 Å². The third-order valence-corrected chi connectivity index (χ3v) is 4.74. The molecule has 0 atom stereocenters. The first-order chi connectivity index (χ1) is 9.42. The predicted octanol–water partition coefficient (Wildman–Crippen LogP) is 1.03. The van der Waals surface area contributed by atoms with Gasteiger partial charge in [0.2, 0.25) is 0 Å².